The van der Waals surface area contributed by atoms with Crippen LogP contribution in [0.15, 0.2) is 35.8 Å². The Labute approximate surface area is 196 Å². The second-order valence-electron chi connectivity index (χ2n) is 8.04. The number of nitrogens with zero attached hydrogens (tertiary/aromatic N) is 3. The van der Waals surface area contributed by atoms with Crippen LogP contribution >= 0.6 is 22.7 Å². The van der Waals surface area contributed by atoms with E-state index in [1.165, 1.54) is 6.07 Å². The van der Waals surface area contributed by atoms with Gasteiger partial charge in [-0.05, 0) is 36.4 Å². The number of piperidine rings is 1. The summed E-state index contributed by atoms with van der Waals surface area (Å²) in [5.41, 5.74) is 14.6. The fourth-order valence-corrected chi connectivity index (χ4v) is 6.07. The van der Waals surface area contributed by atoms with Crippen LogP contribution in [0.25, 0.3) is 20.8 Å². The summed E-state index contributed by atoms with van der Waals surface area (Å²) in [6.45, 7) is 1.55. The second-order valence-corrected chi connectivity index (χ2v) is 9.99. The summed E-state index contributed by atoms with van der Waals surface area (Å²) >= 11 is 2.47. The molecule has 0 radical (unpaired) electrons. The molecule has 1 atom stereocenters. The number of nitrogens with two attached hydrogens (primary N) is 2. The molecule has 0 unspecified atom stereocenters. The molecule has 10 heteroatoms. The molecule has 1 aliphatic heterocycles. The minimum Gasteiger partial charge on any atom is -0.389 e. The lowest BCUT2D eigenvalue weighted by molar-refractivity contribution is 0.0989. The molecule has 0 aliphatic carbocycles. The number of thiophene rings is 1. The van der Waals surface area contributed by atoms with Gasteiger partial charge in [-0.1, -0.05) is 17.4 Å². The molecule has 0 bridgehead atoms. The van der Waals surface area contributed by atoms with Crippen molar-refractivity contribution >= 4 is 49.4 Å². The van der Waals surface area contributed by atoms with E-state index in [1.54, 1.807) is 17.5 Å². The van der Waals surface area contributed by atoms with Gasteiger partial charge in [-0.2, -0.15) is 0 Å². The fraction of sp³-hybridized carbons (Fsp3) is 0.261. The average Bonchev–Trinajstić information content (AvgIpc) is 3.40. The van der Waals surface area contributed by atoms with Crippen molar-refractivity contribution in [3.63, 3.8) is 0 Å². The number of thiazole rings is 1. The number of hydrogen-bond acceptors (Lipinski definition) is 8. The van der Waals surface area contributed by atoms with E-state index >= 15 is 0 Å². The molecule has 0 saturated carbocycles. The number of ketones is 1. The Kier molecular flexibility index (Phi) is 5.81. The Morgan fingerprint density at radius 1 is 1.24 bits per heavy atom. The Bertz CT molecular complexity index is 1330. The van der Waals surface area contributed by atoms with Gasteiger partial charge in [0.2, 0.25) is 0 Å². The van der Waals surface area contributed by atoms with Crippen LogP contribution in [-0.2, 0) is 6.42 Å². The Balaban J connectivity index is 1.50. The van der Waals surface area contributed by atoms with Crippen LogP contribution in [-0.4, -0.2) is 34.9 Å². The highest BCUT2D eigenvalue weighted by atomic mass is 32.1. The van der Waals surface area contributed by atoms with Gasteiger partial charge in [-0.3, -0.25) is 9.78 Å². The highest BCUT2D eigenvalue weighted by molar-refractivity contribution is 7.19. The van der Waals surface area contributed by atoms with Crippen molar-refractivity contribution in [1.82, 2.24) is 9.97 Å². The lowest BCUT2D eigenvalue weighted by Crippen LogP contribution is -2.43. The molecule has 0 spiro atoms. The summed E-state index contributed by atoms with van der Waals surface area (Å²) in [4.78, 5) is 24.2. The molecule has 170 valence electrons. The number of benzene rings is 1. The van der Waals surface area contributed by atoms with Gasteiger partial charge in [0.25, 0.3) is 0 Å². The molecule has 3 aromatic heterocycles. The van der Waals surface area contributed by atoms with Gasteiger partial charge in [-0.15, -0.1) is 11.3 Å². The van der Waals surface area contributed by atoms with E-state index < -0.39 is 11.6 Å². The molecular weight excluding hydrogens is 464 g/mol. The van der Waals surface area contributed by atoms with Crippen LogP contribution in [0.5, 0.6) is 0 Å². The van der Waals surface area contributed by atoms with Crippen molar-refractivity contribution in [3.8, 4) is 10.6 Å². The number of nitrogen functional groups attached to an aromatic ring is 1. The monoisotopic (exact) mass is 485 g/mol. The van der Waals surface area contributed by atoms with E-state index in [-0.39, 0.29) is 39.5 Å². The molecule has 0 amide bonds. The normalized spacial score (nSPS) is 16.5. The predicted molar refractivity (Wildman–Crippen MR) is 129 cm³/mol. The third kappa shape index (κ3) is 4.09. The first kappa shape index (κ1) is 21.9. The Morgan fingerprint density at radius 3 is 2.79 bits per heavy atom. The van der Waals surface area contributed by atoms with Gasteiger partial charge < -0.3 is 16.4 Å². The highest BCUT2D eigenvalue weighted by Crippen LogP contribution is 2.37. The average molecular weight is 486 g/mol. The minimum absolute atomic E-state index is 0.0187. The van der Waals surface area contributed by atoms with Crippen molar-refractivity contribution in [2.24, 2.45) is 5.73 Å². The zero-order valence-corrected chi connectivity index (χ0v) is 19.2. The lowest BCUT2D eigenvalue weighted by atomic mass is 10.0. The number of rotatable bonds is 5. The van der Waals surface area contributed by atoms with Gasteiger partial charge in [0.15, 0.2) is 5.78 Å². The molecular formula is C23H21F2N5OS2. The summed E-state index contributed by atoms with van der Waals surface area (Å²) in [6.07, 6.45) is 3.67. The molecule has 4 heterocycles. The van der Waals surface area contributed by atoms with E-state index in [2.05, 4.69) is 14.9 Å². The zero-order valence-electron chi connectivity index (χ0n) is 17.6. The SMILES string of the molecule is Nc1sc(-c2c(F)cccc2F)nc1C(=O)Cc1cnc2ccsc2c1N1CCC[C@H](N)C1. The first-order chi connectivity index (χ1) is 15.9. The third-order valence-corrected chi connectivity index (χ3v) is 7.55. The Morgan fingerprint density at radius 2 is 2.03 bits per heavy atom. The number of hydrogen-bond donors (Lipinski definition) is 2. The zero-order chi connectivity index (χ0) is 23.1. The number of Topliss-reactive ketones (excluding diaryl/α,β-unsaturated/α-hetero) is 1. The van der Waals surface area contributed by atoms with Crippen LogP contribution < -0.4 is 16.4 Å². The summed E-state index contributed by atoms with van der Waals surface area (Å²) in [6, 6.07) is 5.59. The number of halogens is 2. The number of aromatic nitrogens is 2. The van der Waals surface area contributed by atoms with E-state index in [1.807, 2.05) is 11.4 Å². The van der Waals surface area contributed by atoms with E-state index in [9.17, 15) is 13.6 Å². The number of pyridine rings is 1. The third-order valence-electron chi connectivity index (χ3n) is 5.74. The van der Waals surface area contributed by atoms with Gasteiger partial charge in [-0.25, -0.2) is 13.8 Å². The van der Waals surface area contributed by atoms with E-state index in [0.717, 1.165) is 64.3 Å². The lowest BCUT2D eigenvalue weighted by Gasteiger charge is -2.34. The molecule has 4 N–H and O–H groups in total. The topological polar surface area (TPSA) is 98.1 Å². The van der Waals surface area contributed by atoms with Gasteiger partial charge in [0, 0.05) is 37.3 Å². The van der Waals surface area contributed by atoms with Crippen molar-refractivity contribution in [1.29, 1.82) is 0 Å². The maximum Gasteiger partial charge on any atom is 0.188 e. The molecule has 5 rings (SSSR count). The van der Waals surface area contributed by atoms with Crippen LogP contribution in [0.2, 0.25) is 0 Å². The molecule has 33 heavy (non-hydrogen) atoms. The van der Waals surface area contributed by atoms with Gasteiger partial charge >= 0.3 is 0 Å². The summed E-state index contributed by atoms with van der Waals surface area (Å²) in [5.74, 6) is -1.83. The number of carbonyl (C=O) groups is 1. The summed E-state index contributed by atoms with van der Waals surface area (Å²) in [5, 5.41) is 2.15. The number of fused-ring (bicyclic) bond motifs is 1. The molecule has 1 aromatic carbocycles. The molecule has 6 nitrogen and oxygen atoms in total. The molecule has 1 aliphatic rings. The van der Waals surface area contributed by atoms with E-state index in [0.29, 0.717) is 6.54 Å². The van der Waals surface area contributed by atoms with Crippen LogP contribution in [0.4, 0.5) is 19.5 Å². The van der Waals surface area contributed by atoms with Crippen molar-refractivity contribution in [3.05, 3.63) is 58.7 Å². The second kappa shape index (κ2) is 8.77. The smallest absolute Gasteiger partial charge is 0.188 e. The fourth-order valence-electron chi connectivity index (χ4n) is 4.22. The van der Waals surface area contributed by atoms with Crippen LogP contribution in [0.1, 0.15) is 28.9 Å². The maximum absolute atomic E-state index is 14.2. The quantitative estimate of drug-likeness (QED) is 0.400. The summed E-state index contributed by atoms with van der Waals surface area (Å²) < 4.78 is 29.4. The number of anilines is 2. The van der Waals surface area contributed by atoms with E-state index in [4.69, 9.17) is 11.5 Å². The van der Waals surface area contributed by atoms with Crippen LogP contribution in [0.3, 0.4) is 0 Å². The Hall–Kier alpha value is -2.95. The standard InChI is InChI=1S/C23H21F2N5OS2/c24-14-4-1-5-15(25)18(14)23-29-19(22(27)33-23)17(31)9-12-10-28-16-6-8-32-21(16)20(12)30-7-2-3-13(26)11-30/h1,4-6,8,10,13H,2-3,7,9,11,26-27H2/t13-/m0/s1. The first-order valence-corrected chi connectivity index (χ1v) is 12.2. The van der Waals surface area contributed by atoms with Crippen molar-refractivity contribution < 1.29 is 13.6 Å². The molecule has 1 saturated heterocycles. The molecule has 4 aromatic rings. The van der Waals surface area contributed by atoms with Crippen LogP contribution in [0, 0.1) is 11.6 Å². The minimum atomic E-state index is -0.751. The van der Waals surface area contributed by atoms with Gasteiger partial charge in [0.1, 0.15) is 27.3 Å². The highest BCUT2D eigenvalue weighted by Gasteiger charge is 2.26. The predicted octanol–water partition coefficient (Wildman–Crippen LogP) is 4.63. The number of carbonyl (C=O) groups excluding carboxylic acids is 1. The first-order valence-electron chi connectivity index (χ1n) is 10.5. The maximum atomic E-state index is 14.2. The van der Waals surface area contributed by atoms with Gasteiger partial charge in [0.05, 0.1) is 21.5 Å². The summed E-state index contributed by atoms with van der Waals surface area (Å²) in [7, 11) is 0. The largest absolute Gasteiger partial charge is 0.389 e. The van der Waals surface area contributed by atoms with Crippen molar-refractivity contribution in [2.75, 3.05) is 23.7 Å². The van der Waals surface area contributed by atoms with Crippen molar-refractivity contribution in [2.45, 2.75) is 25.3 Å². The molecule has 1 fully saturated rings.